The van der Waals surface area contributed by atoms with E-state index in [2.05, 4.69) is 24.1 Å². The van der Waals surface area contributed by atoms with Crippen molar-refractivity contribution < 1.29 is 4.79 Å². The van der Waals surface area contributed by atoms with Gasteiger partial charge in [-0.3, -0.25) is 10.1 Å². The Morgan fingerprint density at radius 2 is 1.95 bits per heavy atom. The monoisotopic (exact) mass is 286 g/mol. The van der Waals surface area contributed by atoms with Gasteiger partial charge in [0.1, 0.15) is 6.04 Å². The van der Waals surface area contributed by atoms with Crippen molar-refractivity contribution in [3.8, 4) is 0 Å². The van der Waals surface area contributed by atoms with Crippen LogP contribution in [0.15, 0.2) is 30.3 Å². The zero-order valence-corrected chi connectivity index (χ0v) is 13.1. The van der Waals surface area contributed by atoms with Gasteiger partial charge in [-0.15, -0.1) is 0 Å². The van der Waals surface area contributed by atoms with Gasteiger partial charge in [-0.2, -0.15) is 0 Å². The molecular formula is C18H26N2O. The Morgan fingerprint density at radius 3 is 2.52 bits per heavy atom. The Hall–Kier alpha value is -1.35. The van der Waals surface area contributed by atoms with Crippen LogP contribution in [0.2, 0.25) is 0 Å². The fraction of sp³-hybridized carbons (Fsp3) is 0.611. The first-order chi connectivity index (χ1) is 10.2. The van der Waals surface area contributed by atoms with E-state index in [-0.39, 0.29) is 18.1 Å². The molecule has 0 radical (unpaired) electrons. The lowest BCUT2D eigenvalue weighted by Crippen LogP contribution is -2.42. The number of carbonyl (C=O) groups excluding carboxylic acids is 1. The third-order valence-electron chi connectivity index (χ3n) is 4.97. The minimum Gasteiger partial charge on any atom is -0.325 e. The highest BCUT2D eigenvalue weighted by Crippen LogP contribution is 2.32. The Labute approximate surface area is 127 Å². The summed E-state index contributed by atoms with van der Waals surface area (Å²) in [6.07, 6.45) is 5.41. The van der Waals surface area contributed by atoms with Crippen molar-refractivity contribution in [1.82, 2.24) is 10.2 Å². The molecule has 1 aromatic carbocycles. The summed E-state index contributed by atoms with van der Waals surface area (Å²) in [6.45, 7) is 5.28. The minimum absolute atomic E-state index is 0.167. The van der Waals surface area contributed by atoms with Crippen LogP contribution in [-0.2, 0) is 4.79 Å². The average Bonchev–Trinajstić information content (AvgIpc) is 2.76. The number of amides is 1. The molecule has 3 nitrogen and oxygen atoms in total. The van der Waals surface area contributed by atoms with E-state index in [4.69, 9.17) is 0 Å². The van der Waals surface area contributed by atoms with Gasteiger partial charge < -0.3 is 4.90 Å². The second kappa shape index (κ2) is 6.18. The molecular weight excluding hydrogens is 260 g/mol. The molecule has 2 unspecified atom stereocenters. The highest BCUT2D eigenvalue weighted by atomic mass is 16.2. The van der Waals surface area contributed by atoms with Gasteiger partial charge in [0.25, 0.3) is 0 Å². The molecule has 1 aliphatic heterocycles. The Bertz CT molecular complexity index is 481. The highest BCUT2D eigenvalue weighted by Gasteiger charge is 2.40. The second-order valence-corrected chi connectivity index (χ2v) is 6.82. The van der Waals surface area contributed by atoms with Gasteiger partial charge in [-0.25, -0.2) is 0 Å². The molecule has 114 valence electrons. The smallest absolute Gasteiger partial charge is 0.245 e. The predicted molar refractivity (Wildman–Crippen MR) is 84.6 cm³/mol. The van der Waals surface area contributed by atoms with Crippen LogP contribution in [0.4, 0.5) is 0 Å². The van der Waals surface area contributed by atoms with E-state index in [9.17, 15) is 4.79 Å². The molecule has 1 aromatic rings. The van der Waals surface area contributed by atoms with Gasteiger partial charge in [0.05, 0.1) is 6.17 Å². The van der Waals surface area contributed by atoms with Gasteiger partial charge in [-0.1, -0.05) is 63.4 Å². The SMILES string of the molecule is CC(C)C1NC(c2ccccc2)C(=O)N1CCC1CCC1. The third-order valence-corrected chi connectivity index (χ3v) is 4.97. The largest absolute Gasteiger partial charge is 0.325 e. The highest BCUT2D eigenvalue weighted by molar-refractivity contribution is 5.85. The normalized spacial score (nSPS) is 26.4. The molecule has 2 atom stereocenters. The van der Waals surface area contributed by atoms with Gasteiger partial charge in [0.15, 0.2) is 0 Å². The Morgan fingerprint density at radius 1 is 1.24 bits per heavy atom. The van der Waals surface area contributed by atoms with E-state index in [0.717, 1.165) is 24.4 Å². The molecule has 2 fully saturated rings. The summed E-state index contributed by atoms with van der Waals surface area (Å²) in [5, 5.41) is 3.54. The lowest BCUT2D eigenvalue weighted by Gasteiger charge is -2.31. The van der Waals surface area contributed by atoms with E-state index < -0.39 is 0 Å². The maximum absolute atomic E-state index is 12.8. The number of hydrogen-bond acceptors (Lipinski definition) is 2. The summed E-state index contributed by atoms with van der Waals surface area (Å²) in [5.74, 6) is 1.53. The maximum Gasteiger partial charge on any atom is 0.245 e. The first-order valence-corrected chi connectivity index (χ1v) is 8.28. The van der Waals surface area contributed by atoms with Crippen LogP contribution >= 0.6 is 0 Å². The van der Waals surface area contributed by atoms with Crippen LogP contribution in [0.5, 0.6) is 0 Å². The molecule has 1 saturated carbocycles. The number of benzene rings is 1. The maximum atomic E-state index is 12.8. The fourth-order valence-corrected chi connectivity index (χ4v) is 3.42. The number of hydrogen-bond donors (Lipinski definition) is 1. The number of nitrogens with one attached hydrogen (secondary N) is 1. The predicted octanol–water partition coefficient (Wildman–Crippen LogP) is 3.33. The first kappa shape index (κ1) is 14.6. The van der Waals surface area contributed by atoms with Crippen molar-refractivity contribution in [2.24, 2.45) is 11.8 Å². The van der Waals surface area contributed by atoms with E-state index in [1.807, 2.05) is 30.3 Å². The molecule has 21 heavy (non-hydrogen) atoms. The van der Waals surface area contributed by atoms with Gasteiger partial charge >= 0.3 is 0 Å². The summed E-state index contributed by atoms with van der Waals surface area (Å²) in [6, 6.07) is 9.93. The summed E-state index contributed by atoms with van der Waals surface area (Å²) < 4.78 is 0. The van der Waals surface area contributed by atoms with Crippen molar-refractivity contribution in [3.05, 3.63) is 35.9 Å². The van der Waals surface area contributed by atoms with Crippen molar-refractivity contribution in [1.29, 1.82) is 0 Å². The van der Waals surface area contributed by atoms with Gasteiger partial charge in [0, 0.05) is 6.54 Å². The van der Waals surface area contributed by atoms with Crippen LogP contribution in [0.25, 0.3) is 0 Å². The third kappa shape index (κ3) is 2.98. The Kier molecular flexibility index (Phi) is 4.29. The van der Waals surface area contributed by atoms with Gasteiger partial charge in [-0.05, 0) is 23.8 Å². The molecule has 3 rings (SSSR count). The standard InChI is InChI=1S/C18H26N2O/c1-13(2)17-19-16(15-9-4-3-5-10-15)18(21)20(17)12-11-14-7-6-8-14/h3-5,9-10,13-14,16-17,19H,6-8,11-12H2,1-2H3. The van der Waals surface area contributed by atoms with Crippen LogP contribution in [0, 0.1) is 11.8 Å². The van der Waals surface area contributed by atoms with Crippen molar-refractivity contribution in [2.75, 3.05) is 6.54 Å². The molecule has 1 heterocycles. The number of nitrogens with zero attached hydrogens (tertiary/aromatic N) is 1. The van der Waals surface area contributed by atoms with E-state index >= 15 is 0 Å². The molecule has 1 amide bonds. The molecule has 0 bridgehead atoms. The molecule has 2 aliphatic rings. The second-order valence-electron chi connectivity index (χ2n) is 6.82. The quantitative estimate of drug-likeness (QED) is 0.900. The lowest BCUT2D eigenvalue weighted by atomic mass is 9.83. The molecule has 1 saturated heterocycles. The zero-order chi connectivity index (χ0) is 14.8. The summed E-state index contributed by atoms with van der Waals surface area (Å²) in [5.41, 5.74) is 1.08. The summed E-state index contributed by atoms with van der Waals surface area (Å²) >= 11 is 0. The molecule has 3 heteroatoms. The molecule has 0 aromatic heterocycles. The van der Waals surface area contributed by atoms with Gasteiger partial charge in [0.2, 0.25) is 5.91 Å². The minimum atomic E-state index is -0.167. The van der Waals surface area contributed by atoms with E-state index in [0.29, 0.717) is 5.92 Å². The van der Waals surface area contributed by atoms with Crippen LogP contribution in [-0.4, -0.2) is 23.5 Å². The topological polar surface area (TPSA) is 32.3 Å². The fourth-order valence-electron chi connectivity index (χ4n) is 3.42. The van der Waals surface area contributed by atoms with Crippen LogP contribution < -0.4 is 5.32 Å². The lowest BCUT2D eigenvalue weighted by molar-refractivity contribution is -0.130. The van der Waals surface area contributed by atoms with Crippen LogP contribution in [0.1, 0.15) is 51.1 Å². The van der Waals surface area contributed by atoms with Crippen molar-refractivity contribution in [2.45, 2.75) is 51.7 Å². The molecule has 0 spiro atoms. The first-order valence-electron chi connectivity index (χ1n) is 8.28. The summed E-state index contributed by atoms with van der Waals surface area (Å²) in [7, 11) is 0. The molecule has 1 N–H and O–H groups in total. The number of rotatable bonds is 5. The zero-order valence-electron chi connectivity index (χ0n) is 13.1. The van der Waals surface area contributed by atoms with E-state index in [1.165, 1.54) is 19.3 Å². The van der Waals surface area contributed by atoms with E-state index in [1.54, 1.807) is 0 Å². The van der Waals surface area contributed by atoms with Crippen molar-refractivity contribution in [3.63, 3.8) is 0 Å². The number of carbonyl (C=O) groups is 1. The summed E-state index contributed by atoms with van der Waals surface area (Å²) in [4.78, 5) is 14.9. The molecule has 1 aliphatic carbocycles. The average molecular weight is 286 g/mol. The van der Waals surface area contributed by atoms with Crippen molar-refractivity contribution >= 4 is 5.91 Å². The van der Waals surface area contributed by atoms with Crippen LogP contribution in [0.3, 0.4) is 0 Å². The Balaban J connectivity index is 1.72.